The highest BCUT2D eigenvalue weighted by molar-refractivity contribution is 7.52. The van der Waals surface area contributed by atoms with Gasteiger partial charge in [-0.1, -0.05) is 48.5 Å². The topological polar surface area (TPSA) is 147 Å². The first-order chi connectivity index (χ1) is 22.4. The van der Waals surface area contributed by atoms with E-state index in [1.54, 1.807) is 0 Å². The van der Waals surface area contributed by atoms with Gasteiger partial charge in [0.2, 0.25) is 0 Å². The van der Waals surface area contributed by atoms with Crippen molar-refractivity contribution in [2.24, 2.45) is 0 Å². The fourth-order valence-corrected chi connectivity index (χ4v) is 5.52. The number of carbonyl (C=O) groups excluding carboxylic acids is 2. The summed E-state index contributed by atoms with van der Waals surface area (Å²) in [6.45, 7) is 0. The fourth-order valence-electron chi connectivity index (χ4n) is 5.03. The number of hydrogen-bond acceptors (Lipinski definition) is 6. The Labute approximate surface area is 269 Å². The van der Waals surface area contributed by atoms with Gasteiger partial charge < -0.3 is 24.4 Å². The molecular weight excluding hydrogens is 666 g/mol. The molecule has 4 rings (SSSR count). The van der Waals surface area contributed by atoms with Gasteiger partial charge in [-0.05, 0) is 78.1 Å². The highest BCUT2D eigenvalue weighted by atomic mass is 31.2. The molecule has 0 amide bonds. The minimum absolute atomic E-state index is 0.0270. The summed E-state index contributed by atoms with van der Waals surface area (Å²) < 4.78 is 90.4. The van der Waals surface area contributed by atoms with Gasteiger partial charge in [-0.2, -0.15) is 17.6 Å². The lowest BCUT2D eigenvalue weighted by molar-refractivity contribution is -0.210. The molecule has 0 spiro atoms. The second-order valence-electron chi connectivity index (χ2n) is 10.7. The predicted molar refractivity (Wildman–Crippen MR) is 160 cm³/mol. The van der Waals surface area contributed by atoms with Gasteiger partial charge in [0, 0.05) is 11.1 Å². The van der Waals surface area contributed by atoms with Crippen LogP contribution in [0.4, 0.5) is 22.0 Å². The van der Waals surface area contributed by atoms with Crippen LogP contribution in [0.1, 0.15) is 43.0 Å². The predicted octanol–water partition coefficient (Wildman–Crippen LogP) is 6.50. The maximum Gasteiger partial charge on any atom is 0.501 e. The van der Waals surface area contributed by atoms with Gasteiger partial charge in [0.15, 0.2) is 5.78 Å². The van der Waals surface area contributed by atoms with Gasteiger partial charge in [-0.3, -0.25) is 9.36 Å². The SMILES string of the molecule is COC(=O)c1ccc(C(Cc2ccc(OC(F)(F)C(=O)O)cc2)(Cc2ccc(C(F)(F)P(=O)(O)O)cc2)C(=O)c2ccc(F)cc2)cc1. The number of benzene rings is 4. The zero-order chi connectivity index (χ0) is 35.5. The average molecular weight is 693 g/mol. The summed E-state index contributed by atoms with van der Waals surface area (Å²) in [6.07, 6.45) is -5.00. The smallest absolute Gasteiger partial charge is 0.474 e. The number of carbonyl (C=O) groups is 3. The number of ketones is 1. The third-order valence-corrected chi connectivity index (χ3v) is 8.49. The van der Waals surface area contributed by atoms with E-state index in [0.29, 0.717) is 5.56 Å². The Morgan fingerprint density at radius 1 is 0.708 bits per heavy atom. The number of rotatable bonds is 13. The summed E-state index contributed by atoms with van der Waals surface area (Å²) in [5, 5.41) is 8.69. The second-order valence-corrected chi connectivity index (χ2v) is 12.3. The number of esters is 1. The van der Waals surface area contributed by atoms with E-state index < -0.39 is 59.6 Å². The molecule has 0 saturated carbocycles. The van der Waals surface area contributed by atoms with Crippen LogP contribution in [0.5, 0.6) is 5.75 Å². The number of ether oxygens (including phenoxy) is 2. The molecule has 0 bridgehead atoms. The highest BCUT2D eigenvalue weighted by Gasteiger charge is 2.50. The van der Waals surface area contributed by atoms with Gasteiger partial charge in [0.05, 0.1) is 18.1 Å². The summed E-state index contributed by atoms with van der Waals surface area (Å²) in [7, 11) is -4.72. The van der Waals surface area contributed by atoms with Crippen molar-refractivity contribution in [3.63, 3.8) is 0 Å². The lowest BCUT2D eigenvalue weighted by Crippen LogP contribution is -2.41. The van der Waals surface area contributed by atoms with Gasteiger partial charge >= 0.3 is 31.3 Å². The number of halogens is 5. The van der Waals surface area contributed by atoms with Gasteiger partial charge in [0.1, 0.15) is 11.6 Å². The Morgan fingerprint density at radius 2 is 1.17 bits per heavy atom. The van der Waals surface area contributed by atoms with Crippen LogP contribution in [0, 0.1) is 5.82 Å². The van der Waals surface area contributed by atoms with E-state index >= 15 is 0 Å². The molecule has 0 aliphatic rings. The van der Waals surface area contributed by atoms with E-state index in [2.05, 4.69) is 4.74 Å². The maximum absolute atomic E-state index is 14.5. The molecule has 0 heterocycles. The molecule has 1 unspecified atom stereocenters. The van der Waals surface area contributed by atoms with Crippen molar-refractivity contribution in [2.45, 2.75) is 30.0 Å². The van der Waals surface area contributed by atoms with E-state index in [-0.39, 0.29) is 35.1 Å². The Balaban J connectivity index is 1.88. The molecule has 252 valence electrons. The van der Waals surface area contributed by atoms with Gasteiger partial charge in [-0.15, -0.1) is 0 Å². The number of alkyl halides is 4. The molecule has 9 nitrogen and oxygen atoms in total. The van der Waals surface area contributed by atoms with Crippen LogP contribution >= 0.6 is 7.60 Å². The molecule has 0 fully saturated rings. The van der Waals surface area contributed by atoms with E-state index in [0.717, 1.165) is 55.6 Å². The van der Waals surface area contributed by atoms with Gasteiger partial charge in [0.25, 0.3) is 0 Å². The molecule has 0 radical (unpaired) electrons. The third kappa shape index (κ3) is 7.62. The largest absolute Gasteiger partial charge is 0.501 e. The molecule has 4 aromatic rings. The minimum Gasteiger partial charge on any atom is -0.474 e. The van der Waals surface area contributed by atoms with Gasteiger partial charge in [-0.25, -0.2) is 14.0 Å². The van der Waals surface area contributed by atoms with Crippen LogP contribution in [0.2, 0.25) is 0 Å². The van der Waals surface area contributed by atoms with E-state index in [9.17, 15) is 40.9 Å². The van der Waals surface area contributed by atoms with Crippen molar-refractivity contribution in [1.82, 2.24) is 0 Å². The molecule has 0 aliphatic carbocycles. The molecule has 0 aliphatic heterocycles. The van der Waals surface area contributed by atoms with Crippen molar-refractivity contribution in [1.29, 1.82) is 0 Å². The first-order valence-corrected chi connectivity index (χ1v) is 15.4. The van der Waals surface area contributed by atoms with Crippen molar-refractivity contribution in [3.05, 3.63) is 136 Å². The van der Waals surface area contributed by atoms with E-state index in [1.165, 1.54) is 48.5 Å². The summed E-state index contributed by atoms with van der Waals surface area (Å²) in [5.74, 6) is -4.96. The zero-order valence-corrected chi connectivity index (χ0v) is 25.7. The maximum atomic E-state index is 14.5. The molecule has 3 N–H and O–H groups in total. The van der Waals surface area contributed by atoms with Crippen molar-refractivity contribution in [3.8, 4) is 5.75 Å². The van der Waals surface area contributed by atoms with E-state index in [4.69, 9.17) is 19.6 Å². The summed E-state index contributed by atoms with van der Waals surface area (Å²) in [4.78, 5) is 55.8. The van der Waals surface area contributed by atoms with Crippen LogP contribution in [-0.2, 0) is 38.0 Å². The molecule has 0 aromatic heterocycles. The average Bonchev–Trinajstić information content (AvgIpc) is 3.04. The number of carboxylic acids is 1. The second kappa shape index (κ2) is 13.7. The molecule has 1 atom stereocenters. The highest BCUT2D eigenvalue weighted by Crippen LogP contribution is 2.59. The molecule has 0 saturated heterocycles. The van der Waals surface area contributed by atoms with Crippen LogP contribution in [0.3, 0.4) is 0 Å². The lowest BCUT2D eigenvalue weighted by atomic mass is 9.67. The number of methoxy groups -OCH3 is 1. The normalized spacial score (nSPS) is 13.3. The standard InChI is InChI=1S/C33H26F5O9P/c1-46-29(40)23-6-12-24(13-7-23)31(28(39)22-8-14-26(34)15-9-22,18-20-2-10-25(11-3-20)33(37,38)48(43,44)45)19-21-4-16-27(17-5-21)47-32(35,36)30(41)42/h2-17H,18-19H2,1H3,(H,41,42)(H2,43,44,45). The molecule has 48 heavy (non-hydrogen) atoms. The quantitative estimate of drug-likeness (QED) is 0.0618. The Hall–Kier alpha value is -4.91. The van der Waals surface area contributed by atoms with Crippen LogP contribution in [0.25, 0.3) is 0 Å². The zero-order valence-electron chi connectivity index (χ0n) is 24.8. The number of hydrogen-bond donors (Lipinski definition) is 3. The molecule has 4 aromatic carbocycles. The third-order valence-electron chi connectivity index (χ3n) is 7.50. The Bertz CT molecular complexity index is 1840. The molecule has 15 heteroatoms. The van der Waals surface area contributed by atoms with E-state index in [1.807, 2.05) is 0 Å². The monoisotopic (exact) mass is 692 g/mol. The Kier molecular flexibility index (Phi) is 10.2. The van der Waals surface area contributed by atoms with Crippen molar-refractivity contribution >= 4 is 25.3 Å². The summed E-state index contributed by atoms with van der Waals surface area (Å²) in [6, 6.07) is 18.8. The van der Waals surface area contributed by atoms with Crippen molar-refractivity contribution in [2.75, 3.05) is 7.11 Å². The fraction of sp³-hybridized carbons (Fsp3) is 0.182. The van der Waals surface area contributed by atoms with Crippen LogP contribution in [-0.4, -0.2) is 45.8 Å². The lowest BCUT2D eigenvalue weighted by Gasteiger charge is -2.34. The van der Waals surface area contributed by atoms with Crippen molar-refractivity contribution < 1.29 is 65.3 Å². The minimum atomic E-state index is -5.88. The number of carboxylic acid groups (broad SMARTS) is 1. The first-order valence-electron chi connectivity index (χ1n) is 13.8. The van der Waals surface area contributed by atoms with Crippen LogP contribution in [0.15, 0.2) is 97.1 Å². The Morgan fingerprint density at radius 3 is 1.62 bits per heavy atom. The number of aliphatic carboxylic acids is 1. The summed E-state index contributed by atoms with van der Waals surface area (Å²) in [5.41, 5.74) is -6.15. The molecular formula is C33H26F5O9P. The van der Waals surface area contributed by atoms with Crippen LogP contribution < -0.4 is 4.74 Å². The summed E-state index contributed by atoms with van der Waals surface area (Å²) >= 11 is 0. The number of Topliss-reactive ketones (excluding diaryl/α,β-unsaturated/α-hetero) is 1. The first kappa shape index (κ1) is 35.9.